The molecule has 5 heteroatoms. The molecule has 1 heterocycles. The highest BCUT2D eigenvalue weighted by Gasteiger charge is 2.03. The molecule has 2 rings (SSSR count). The molecule has 0 bridgehead atoms. The van der Waals surface area contributed by atoms with Crippen molar-refractivity contribution in [1.29, 1.82) is 0 Å². The Kier molecular flexibility index (Phi) is 6.14. The van der Waals surface area contributed by atoms with Crippen LogP contribution in [0.3, 0.4) is 0 Å². The molecular weight excluding hydrogens is 330 g/mol. The molecule has 2 aromatic rings. The van der Waals surface area contributed by atoms with Gasteiger partial charge in [-0.25, -0.2) is 9.97 Å². The van der Waals surface area contributed by atoms with Crippen molar-refractivity contribution in [3.8, 4) is 0 Å². The lowest BCUT2D eigenvalue weighted by Crippen LogP contribution is -2.07. The predicted octanol–water partition coefficient (Wildman–Crippen LogP) is 4.09. The number of aryl methyl sites for hydroxylation is 1. The average molecular weight is 350 g/mol. The minimum absolute atomic E-state index is 0.412. The molecule has 4 nitrogen and oxygen atoms in total. The van der Waals surface area contributed by atoms with Crippen LogP contribution in [0, 0.1) is 6.92 Å². The van der Waals surface area contributed by atoms with Crippen LogP contribution in [0.1, 0.15) is 30.4 Å². The first-order valence-corrected chi connectivity index (χ1v) is 7.87. The van der Waals surface area contributed by atoms with Crippen LogP contribution in [-0.2, 0) is 18.0 Å². The number of nitrogens with one attached hydrogen (secondary N) is 1. The molecule has 0 aliphatic carbocycles. The largest absolute Gasteiger partial charge is 0.370 e. The van der Waals surface area contributed by atoms with Gasteiger partial charge in [0.2, 0.25) is 0 Å². The molecule has 0 saturated heterocycles. The third-order valence-electron chi connectivity index (χ3n) is 2.85. The van der Waals surface area contributed by atoms with Crippen LogP contribution in [-0.4, -0.2) is 16.5 Å². The van der Waals surface area contributed by atoms with Crippen molar-refractivity contribution in [2.75, 3.05) is 11.9 Å². The summed E-state index contributed by atoms with van der Waals surface area (Å²) in [5, 5.41) is 3.28. The zero-order valence-corrected chi connectivity index (χ0v) is 14.0. The van der Waals surface area contributed by atoms with Gasteiger partial charge in [0.25, 0.3) is 0 Å². The van der Waals surface area contributed by atoms with Crippen LogP contribution in [0.15, 0.2) is 34.8 Å². The lowest BCUT2D eigenvalue weighted by molar-refractivity contribution is 0.102. The topological polar surface area (TPSA) is 47.0 Å². The molecule has 112 valence electrons. The van der Waals surface area contributed by atoms with Crippen molar-refractivity contribution in [3.63, 3.8) is 0 Å². The highest BCUT2D eigenvalue weighted by molar-refractivity contribution is 9.10. The number of rotatable bonds is 7. The number of anilines is 1. The molecule has 0 aliphatic rings. The van der Waals surface area contributed by atoms with Gasteiger partial charge in [-0.1, -0.05) is 35.0 Å². The summed E-state index contributed by atoms with van der Waals surface area (Å²) in [5.41, 5.74) is 2.08. The minimum Gasteiger partial charge on any atom is -0.370 e. The van der Waals surface area contributed by atoms with Crippen molar-refractivity contribution in [3.05, 3.63) is 51.9 Å². The van der Waals surface area contributed by atoms with E-state index >= 15 is 0 Å². The van der Waals surface area contributed by atoms with E-state index in [4.69, 9.17) is 4.74 Å². The normalized spacial score (nSPS) is 10.6. The van der Waals surface area contributed by atoms with E-state index in [9.17, 15) is 0 Å². The van der Waals surface area contributed by atoms with Crippen LogP contribution in [0.2, 0.25) is 0 Å². The first-order chi connectivity index (χ1) is 10.2. The standard InChI is InChI=1S/C16H20BrN3O/c1-3-7-18-15-8-12(2)19-16(20-15)11-21-10-13-5-4-6-14(17)9-13/h4-6,8-9H,3,7,10-11H2,1-2H3,(H,18,19,20). The number of hydrogen-bond acceptors (Lipinski definition) is 4. The number of aromatic nitrogens is 2. The zero-order valence-electron chi connectivity index (χ0n) is 12.4. The van der Waals surface area contributed by atoms with E-state index in [2.05, 4.69) is 38.1 Å². The summed E-state index contributed by atoms with van der Waals surface area (Å²) in [6, 6.07) is 10.0. The molecule has 1 aromatic heterocycles. The lowest BCUT2D eigenvalue weighted by Gasteiger charge is -2.08. The Labute approximate surface area is 134 Å². The Balaban J connectivity index is 1.91. The Morgan fingerprint density at radius 3 is 2.81 bits per heavy atom. The fourth-order valence-corrected chi connectivity index (χ4v) is 2.37. The van der Waals surface area contributed by atoms with Gasteiger partial charge in [0.15, 0.2) is 5.82 Å². The van der Waals surface area contributed by atoms with Crippen molar-refractivity contribution in [1.82, 2.24) is 9.97 Å². The van der Waals surface area contributed by atoms with Gasteiger partial charge in [0.1, 0.15) is 12.4 Å². The highest BCUT2D eigenvalue weighted by atomic mass is 79.9. The number of hydrogen-bond donors (Lipinski definition) is 1. The van der Waals surface area contributed by atoms with E-state index in [0.717, 1.165) is 34.5 Å². The molecule has 0 spiro atoms. The van der Waals surface area contributed by atoms with Gasteiger partial charge in [0.05, 0.1) is 6.61 Å². The Hall–Kier alpha value is -1.46. The van der Waals surface area contributed by atoms with Gasteiger partial charge in [-0.3, -0.25) is 0 Å². The van der Waals surface area contributed by atoms with Gasteiger partial charge in [-0.05, 0) is 31.0 Å². The van der Waals surface area contributed by atoms with E-state index < -0.39 is 0 Å². The molecule has 0 unspecified atom stereocenters. The molecule has 0 saturated carbocycles. The maximum atomic E-state index is 5.70. The van der Waals surface area contributed by atoms with Gasteiger partial charge < -0.3 is 10.1 Å². The molecule has 0 fully saturated rings. The number of nitrogens with zero attached hydrogens (tertiary/aromatic N) is 2. The van der Waals surface area contributed by atoms with Gasteiger partial charge in [-0.15, -0.1) is 0 Å². The van der Waals surface area contributed by atoms with E-state index in [0.29, 0.717) is 19.0 Å². The number of halogens is 1. The van der Waals surface area contributed by atoms with Gasteiger partial charge >= 0.3 is 0 Å². The molecule has 0 radical (unpaired) electrons. The third kappa shape index (κ3) is 5.44. The quantitative estimate of drug-likeness (QED) is 0.817. The van der Waals surface area contributed by atoms with Crippen molar-refractivity contribution in [2.24, 2.45) is 0 Å². The molecule has 0 aliphatic heterocycles. The van der Waals surface area contributed by atoms with E-state index in [1.807, 2.05) is 37.3 Å². The fourth-order valence-electron chi connectivity index (χ4n) is 1.93. The fraction of sp³-hybridized carbons (Fsp3) is 0.375. The number of benzene rings is 1. The smallest absolute Gasteiger partial charge is 0.156 e. The van der Waals surface area contributed by atoms with Gasteiger partial charge in [-0.2, -0.15) is 0 Å². The zero-order chi connectivity index (χ0) is 15.1. The molecule has 1 N–H and O–H groups in total. The summed E-state index contributed by atoms with van der Waals surface area (Å²) in [6.45, 7) is 5.97. The van der Waals surface area contributed by atoms with Crippen LogP contribution in [0.4, 0.5) is 5.82 Å². The Morgan fingerprint density at radius 2 is 2.05 bits per heavy atom. The van der Waals surface area contributed by atoms with Crippen molar-refractivity contribution >= 4 is 21.7 Å². The summed E-state index contributed by atoms with van der Waals surface area (Å²) in [7, 11) is 0. The first kappa shape index (κ1) is 15.9. The lowest BCUT2D eigenvalue weighted by atomic mass is 10.2. The maximum absolute atomic E-state index is 5.70. The third-order valence-corrected chi connectivity index (χ3v) is 3.34. The van der Waals surface area contributed by atoms with Crippen LogP contribution >= 0.6 is 15.9 Å². The molecule has 0 atom stereocenters. The second-order valence-corrected chi connectivity index (χ2v) is 5.78. The molecular formula is C16H20BrN3O. The molecule has 1 aromatic carbocycles. The van der Waals surface area contributed by atoms with E-state index in [1.165, 1.54) is 0 Å². The summed E-state index contributed by atoms with van der Waals surface area (Å²) < 4.78 is 6.76. The van der Waals surface area contributed by atoms with E-state index in [-0.39, 0.29) is 0 Å². The predicted molar refractivity (Wildman–Crippen MR) is 88.2 cm³/mol. The highest BCUT2D eigenvalue weighted by Crippen LogP contribution is 2.13. The van der Waals surface area contributed by atoms with Crippen LogP contribution in [0.5, 0.6) is 0 Å². The second-order valence-electron chi connectivity index (χ2n) is 4.86. The second kappa shape index (κ2) is 8.10. The summed E-state index contributed by atoms with van der Waals surface area (Å²) in [5.74, 6) is 1.58. The van der Waals surface area contributed by atoms with Crippen LogP contribution in [0.25, 0.3) is 0 Å². The summed E-state index contributed by atoms with van der Waals surface area (Å²) >= 11 is 3.45. The Bertz CT molecular complexity index is 589. The molecule has 21 heavy (non-hydrogen) atoms. The van der Waals surface area contributed by atoms with Crippen LogP contribution < -0.4 is 5.32 Å². The minimum atomic E-state index is 0.412. The number of ether oxygens (including phenoxy) is 1. The maximum Gasteiger partial charge on any atom is 0.156 e. The summed E-state index contributed by atoms with van der Waals surface area (Å²) in [4.78, 5) is 8.87. The first-order valence-electron chi connectivity index (χ1n) is 7.08. The Morgan fingerprint density at radius 1 is 1.19 bits per heavy atom. The monoisotopic (exact) mass is 349 g/mol. The molecule has 0 amide bonds. The SMILES string of the molecule is CCCNc1cc(C)nc(COCc2cccc(Br)c2)n1. The van der Waals surface area contributed by atoms with Crippen molar-refractivity contribution in [2.45, 2.75) is 33.5 Å². The summed E-state index contributed by atoms with van der Waals surface area (Å²) in [6.07, 6.45) is 1.07. The van der Waals surface area contributed by atoms with Crippen molar-refractivity contribution < 1.29 is 4.74 Å². The average Bonchev–Trinajstić information content (AvgIpc) is 2.45. The van der Waals surface area contributed by atoms with E-state index in [1.54, 1.807) is 0 Å². The van der Waals surface area contributed by atoms with Gasteiger partial charge in [0, 0.05) is 22.8 Å².